The van der Waals surface area contributed by atoms with E-state index in [-0.39, 0.29) is 24.2 Å². The molecule has 1 unspecified atom stereocenters. The molecule has 0 aliphatic carbocycles. The summed E-state index contributed by atoms with van der Waals surface area (Å²) in [4.78, 5) is 11.8. The van der Waals surface area contributed by atoms with Gasteiger partial charge in [0.05, 0.1) is 0 Å². The lowest BCUT2D eigenvalue weighted by molar-refractivity contribution is -0.119. The average molecular weight is 277 g/mol. The van der Waals surface area contributed by atoms with Crippen molar-refractivity contribution in [2.75, 3.05) is 18.9 Å². The van der Waals surface area contributed by atoms with Gasteiger partial charge in [-0.1, -0.05) is 24.6 Å². The molecule has 0 aliphatic heterocycles. The molecule has 0 saturated heterocycles. The Labute approximate surface area is 113 Å². The third kappa shape index (κ3) is 4.94. The Morgan fingerprint density at radius 2 is 2.12 bits per heavy atom. The van der Waals surface area contributed by atoms with E-state index in [1.165, 1.54) is 0 Å². The molecule has 0 fully saturated rings. The molecule has 17 heavy (non-hydrogen) atoms. The first-order valence-corrected chi connectivity index (χ1v) is 5.64. The predicted molar refractivity (Wildman–Crippen MR) is 75.2 cm³/mol. The summed E-state index contributed by atoms with van der Waals surface area (Å²) in [6, 6.07) is 5.46. The van der Waals surface area contributed by atoms with Gasteiger partial charge in [-0.05, 0) is 31.7 Å². The lowest BCUT2D eigenvalue weighted by Gasteiger charge is -2.13. The van der Waals surface area contributed by atoms with Crippen LogP contribution in [0, 0.1) is 12.8 Å². The van der Waals surface area contributed by atoms with Crippen molar-refractivity contribution in [1.29, 1.82) is 0 Å². The van der Waals surface area contributed by atoms with Crippen molar-refractivity contribution in [2.24, 2.45) is 5.92 Å². The number of anilines is 1. The minimum atomic E-state index is -0.0663. The Balaban J connectivity index is 0.00000256. The number of benzene rings is 1. The van der Waals surface area contributed by atoms with Crippen molar-refractivity contribution in [2.45, 2.75) is 13.8 Å². The van der Waals surface area contributed by atoms with Gasteiger partial charge in [-0.3, -0.25) is 4.79 Å². The van der Waals surface area contributed by atoms with E-state index >= 15 is 0 Å². The van der Waals surface area contributed by atoms with Crippen molar-refractivity contribution in [3.63, 3.8) is 0 Å². The standard InChI is InChI=1S/C12H17ClN2O.ClH/c1-8-4-5-10(13)6-11(8)15-12(16)9(2)7-14-3;/h4-6,9,14H,7H2,1-3H3,(H,15,16);1H. The summed E-state index contributed by atoms with van der Waals surface area (Å²) < 4.78 is 0. The zero-order chi connectivity index (χ0) is 12.1. The van der Waals surface area contributed by atoms with Gasteiger partial charge >= 0.3 is 0 Å². The fourth-order valence-corrected chi connectivity index (χ4v) is 1.56. The van der Waals surface area contributed by atoms with Crippen LogP contribution in [0.5, 0.6) is 0 Å². The monoisotopic (exact) mass is 276 g/mol. The number of aryl methyl sites for hydroxylation is 1. The summed E-state index contributed by atoms with van der Waals surface area (Å²) in [7, 11) is 1.83. The molecule has 3 nitrogen and oxygen atoms in total. The summed E-state index contributed by atoms with van der Waals surface area (Å²) in [5.41, 5.74) is 1.79. The molecule has 0 aromatic heterocycles. The molecule has 5 heteroatoms. The number of carbonyl (C=O) groups excluding carboxylic acids is 1. The molecule has 0 saturated carbocycles. The van der Waals surface area contributed by atoms with Gasteiger partial charge in [0, 0.05) is 23.2 Å². The molecule has 0 radical (unpaired) electrons. The number of hydrogen-bond donors (Lipinski definition) is 2. The molecule has 0 spiro atoms. The summed E-state index contributed by atoms with van der Waals surface area (Å²) in [5, 5.41) is 6.47. The second-order valence-electron chi connectivity index (χ2n) is 3.91. The molecule has 96 valence electrons. The topological polar surface area (TPSA) is 41.1 Å². The highest BCUT2D eigenvalue weighted by molar-refractivity contribution is 6.31. The Hall–Kier alpha value is -0.770. The second kappa shape index (κ2) is 7.54. The van der Waals surface area contributed by atoms with E-state index < -0.39 is 0 Å². The summed E-state index contributed by atoms with van der Waals surface area (Å²) >= 11 is 5.88. The number of nitrogens with one attached hydrogen (secondary N) is 2. The van der Waals surface area contributed by atoms with Gasteiger partial charge in [0.1, 0.15) is 0 Å². The number of hydrogen-bond acceptors (Lipinski definition) is 2. The molecule has 0 heterocycles. The second-order valence-corrected chi connectivity index (χ2v) is 4.34. The van der Waals surface area contributed by atoms with Crippen molar-refractivity contribution < 1.29 is 4.79 Å². The van der Waals surface area contributed by atoms with Crippen LogP contribution in [0.2, 0.25) is 5.02 Å². The van der Waals surface area contributed by atoms with Crippen molar-refractivity contribution in [3.05, 3.63) is 28.8 Å². The zero-order valence-electron chi connectivity index (χ0n) is 10.2. The minimum absolute atomic E-state index is 0. The van der Waals surface area contributed by atoms with Crippen molar-refractivity contribution in [1.82, 2.24) is 5.32 Å². The fourth-order valence-electron chi connectivity index (χ4n) is 1.38. The van der Waals surface area contributed by atoms with E-state index in [1.807, 2.05) is 33.0 Å². The normalized spacial score (nSPS) is 11.5. The molecule has 2 N–H and O–H groups in total. The van der Waals surface area contributed by atoms with E-state index in [2.05, 4.69) is 10.6 Å². The Morgan fingerprint density at radius 1 is 1.47 bits per heavy atom. The molecular formula is C12H18Cl2N2O. The van der Waals surface area contributed by atoms with Crippen LogP contribution in [-0.4, -0.2) is 19.5 Å². The molecule has 0 aliphatic rings. The van der Waals surface area contributed by atoms with Crippen LogP contribution in [-0.2, 0) is 4.79 Å². The maximum absolute atomic E-state index is 11.8. The quantitative estimate of drug-likeness (QED) is 0.888. The van der Waals surface area contributed by atoms with E-state index in [1.54, 1.807) is 6.07 Å². The van der Waals surface area contributed by atoms with Crippen LogP contribution in [0.25, 0.3) is 0 Å². The van der Waals surface area contributed by atoms with Crippen LogP contribution in [0.3, 0.4) is 0 Å². The van der Waals surface area contributed by atoms with Gasteiger partial charge in [-0.25, -0.2) is 0 Å². The molecule has 1 rings (SSSR count). The third-order valence-corrected chi connectivity index (χ3v) is 2.65. The largest absolute Gasteiger partial charge is 0.326 e. The molecule has 1 atom stereocenters. The first-order chi connectivity index (χ1) is 7.54. The molecule has 0 bridgehead atoms. The Kier molecular flexibility index (Phi) is 7.19. The highest BCUT2D eigenvalue weighted by Gasteiger charge is 2.12. The summed E-state index contributed by atoms with van der Waals surface area (Å²) in [6.07, 6.45) is 0. The van der Waals surface area contributed by atoms with Gasteiger partial charge in [0.25, 0.3) is 0 Å². The Morgan fingerprint density at radius 3 is 2.71 bits per heavy atom. The first kappa shape index (κ1) is 16.2. The number of rotatable bonds is 4. The van der Waals surface area contributed by atoms with Crippen molar-refractivity contribution in [3.8, 4) is 0 Å². The Bertz CT molecular complexity index is 383. The smallest absolute Gasteiger partial charge is 0.228 e. The predicted octanol–water partition coefficient (Wildman–Crippen LogP) is 2.86. The number of carbonyl (C=O) groups is 1. The highest BCUT2D eigenvalue weighted by atomic mass is 35.5. The molecule has 1 amide bonds. The third-order valence-electron chi connectivity index (χ3n) is 2.42. The lowest BCUT2D eigenvalue weighted by atomic mass is 10.1. The zero-order valence-corrected chi connectivity index (χ0v) is 11.8. The van der Waals surface area contributed by atoms with Gasteiger partial charge < -0.3 is 10.6 Å². The maximum atomic E-state index is 11.8. The maximum Gasteiger partial charge on any atom is 0.228 e. The lowest BCUT2D eigenvalue weighted by Crippen LogP contribution is -2.28. The first-order valence-electron chi connectivity index (χ1n) is 5.26. The van der Waals surface area contributed by atoms with Crippen LogP contribution in [0.4, 0.5) is 5.69 Å². The van der Waals surface area contributed by atoms with Crippen LogP contribution in [0.1, 0.15) is 12.5 Å². The highest BCUT2D eigenvalue weighted by Crippen LogP contribution is 2.20. The molecular weight excluding hydrogens is 259 g/mol. The average Bonchev–Trinajstić information content (AvgIpc) is 2.23. The number of amides is 1. The fraction of sp³-hybridized carbons (Fsp3) is 0.417. The summed E-state index contributed by atoms with van der Waals surface area (Å²) in [6.45, 7) is 4.48. The van der Waals surface area contributed by atoms with E-state index in [9.17, 15) is 4.79 Å². The van der Waals surface area contributed by atoms with Gasteiger partial charge in [0.2, 0.25) is 5.91 Å². The van der Waals surface area contributed by atoms with E-state index in [0.29, 0.717) is 11.6 Å². The van der Waals surface area contributed by atoms with Crippen molar-refractivity contribution >= 4 is 35.6 Å². The van der Waals surface area contributed by atoms with Crippen LogP contribution >= 0.6 is 24.0 Å². The molecule has 1 aromatic carbocycles. The summed E-state index contributed by atoms with van der Waals surface area (Å²) in [5.74, 6) is -0.0666. The number of halogens is 2. The molecule has 1 aromatic rings. The van der Waals surface area contributed by atoms with Crippen LogP contribution in [0.15, 0.2) is 18.2 Å². The van der Waals surface area contributed by atoms with E-state index in [4.69, 9.17) is 11.6 Å². The van der Waals surface area contributed by atoms with E-state index in [0.717, 1.165) is 11.3 Å². The SMILES string of the molecule is CNCC(C)C(=O)Nc1cc(Cl)ccc1C.Cl. The van der Waals surface area contributed by atoms with Gasteiger partial charge in [0.15, 0.2) is 0 Å². The van der Waals surface area contributed by atoms with Gasteiger partial charge in [-0.2, -0.15) is 0 Å². The van der Waals surface area contributed by atoms with Gasteiger partial charge in [-0.15, -0.1) is 12.4 Å². The van der Waals surface area contributed by atoms with Crippen LogP contribution < -0.4 is 10.6 Å². The minimum Gasteiger partial charge on any atom is -0.326 e.